The highest BCUT2D eigenvalue weighted by Crippen LogP contribution is 2.32. The van der Waals surface area contributed by atoms with E-state index in [-0.39, 0.29) is 17.5 Å². The largest absolute Gasteiger partial charge is 0.468 e. The van der Waals surface area contributed by atoms with Gasteiger partial charge in [0.1, 0.15) is 6.54 Å². The third-order valence-electron chi connectivity index (χ3n) is 3.71. The van der Waals surface area contributed by atoms with E-state index in [1.54, 1.807) is 23.0 Å². The molecule has 0 amide bonds. The first-order valence-corrected chi connectivity index (χ1v) is 8.12. The van der Waals surface area contributed by atoms with Gasteiger partial charge >= 0.3 is 10.8 Å². The summed E-state index contributed by atoms with van der Waals surface area (Å²) in [5.74, 6) is -0.498. The van der Waals surface area contributed by atoms with Crippen LogP contribution in [0.15, 0.2) is 17.4 Å². The van der Waals surface area contributed by atoms with Crippen molar-refractivity contribution < 1.29 is 19.2 Å². The lowest BCUT2D eigenvalue weighted by molar-refractivity contribution is -0.162. The second-order valence-corrected chi connectivity index (χ2v) is 6.20. The predicted octanol–water partition coefficient (Wildman–Crippen LogP) is -0.202. The number of nitrogens with zero attached hydrogens (tertiary/aromatic N) is 3. The van der Waals surface area contributed by atoms with Crippen LogP contribution in [0.5, 0.6) is 0 Å². The minimum atomic E-state index is -0.498. The molecule has 0 fully saturated rings. The van der Waals surface area contributed by atoms with Crippen LogP contribution in [0, 0.1) is 0 Å². The topological polar surface area (TPSA) is 81.1 Å². The molecule has 0 saturated carbocycles. The molecule has 2 rings (SSSR count). The Bertz CT molecular complexity index is 674. The molecule has 1 aliphatic heterocycles. The summed E-state index contributed by atoms with van der Waals surface area (Å²) in [6.07, 6.45) is 2.32. The summed E-state index contributed by atoms with van der Waals surface area (Å²) in [4.78, 5) is 42.7. The number of thiazole rings is 1. The normalized spacial score (nSPS) is 17.4. The average molecular weight is 352 g/mol. The third-order valence-corrected chi connectivity index (χ3v) is 4.83. The van der Waals surface area contributed by atoms with Crippen LogP contribution in [0.2, 0.25) is 0 Å². The van der Waals surface area contributed by atoms with Crippen molar-refractivity contribution in [2.45, 2.75) is 19.1 Å². The van der Waals surface area contributed by atoms with E-state index in [9.17, 15) is 14.4 Å². The minimum absolute atomic E-state index is 0.153. The maximum absolute atomic E-state index is 12.3. The Kier molecular flexibility index (Phi) is 6.49. The van der Waals surface area contributed by atoms with E-state index in [2.05, 4.69) is 11.3 Å². The highest BCUT2D eigenvalue weighted by molar-refractivity contribution is 7.09. The van der Waals surface area contributed by atoms with Gasteiger partial charge in [-0.2, -0.15) is 5.06 Å². The summed E-state index contributed by atoms with van der Waals surface area (Å²) in [6, 6.07) is -0.235. The molecule has 0 spiro atoms. The number of rotatable bonds is 8. The minimum Gasteiger partial charge on any atom is -0.468 e. The number of esters is 1. The number of fused-ring (bicyclic) bond motifs is 1. The molecule has 1 aromatic rings. The summed E-state index contributed by atoms with van der Waals surface area (Å²) in [5, 5.41) is 1.64. The zero-order valence-electron chi connectivity index (χ0n) is 13.6. The van der Waals surface area contributed by atoms with Crippen molar-refractivity contribution in [1.29, 1.82) is 0 Å². The van der Waals surface area contributed by atoms with Gasteiger partial charge < -0.3 is 14.3 Å². The van der Waals surface area contributed by atoms with Crippen LogP contribution in [0.4, 0.5) is 0 Å². The Morgan fingerprint density at radius 3 is 2.96 bits per heavy atom. The summed E-state index contributed by atoms with van der Waals surface area (Å²) in [5.41, 5.74) is 0.693. The fraction of sp³-hybridized carbons (Fsp3) is 0.500. The van der Waals surface area contributed by atoms with Crippen LogP contribution in [0.25, 0.3) is 0 Å². The number of carbonyl (C=O) groups is 2. The van der Waals surface area contributed by atoms with Crippen LogP contribution < -0.4 is 4.87 Å². The standard InChI is InChI=1S/C14H19BN3O5S/c1-4-5-23-16(2)10-6-17(15-9-19)7-11-13(10)24-14(21)18(11)8-12(20)22-3/h4,9-10H,1,5-8H2,2-3H3. The van der Waals surface area contributed by atoms with Gasteiger partial charge in [-0.05, 0) is 0 Å². The molecule has 0 aromatic carbocycles. The maximum atomic E-state index is 12.3. The van der Waals surface area contributed by atoms with Crippen molar-refractivity contribution in [1.82, 2.24) is 14.4 Å². The van der Waals surface area contributed by atoms with Gasteiger partial charge in [0.05, 0.1) is 36.5 Å². The monoisotopic (exact) mass is 352 g/mol. The Balaban J connectivity index is 2.37. The molecule has 8 nitrogen and oxygen atoms in total. The molecule has 1 aromatic heterocycles. The van der Waals surface area contributed by atoms with Gasteiger partial charge in [0.2, 0.25) is 0 Å². The number of carbonyl (C=O) groups excluding carboxylic acids is 2. The fourth-order valence-corrected chi connectivity index (χ4v) is 3.66. The molecule has 1 radical (unpaired) electrons. The summed E-state index contributed by atoms with van der Waals surface area (Å²) in [7, 11) is 4.46. The SMILES string of the molecule is C=CCON(C)C1CN([B]C=O)Cc2c1sc(=O)n2CC(=O)OC. The van der Waals surface area contributed by atoms with Crippen LogP contribution in [0.3, 0.4) is 0 Å². The van der Waals surface area contributed by atoms with Gasteiger partial charge in [-0.15, -0.1) is 6.58 Å². The number of ether oxygens (including phenoxy) is 1. The van der Waals surface area contributed by atoms with Crippen LogP contribution >= 0.6 is 11.3 Å². The fourth-order valence-electron chi connectivity index (χ4n) is 2.53. The molecule has 129 valence electrons. The number of aromatic nitrogens is 1. The van der Waals surface area contributed by atoms with E-state index in [0.717, 1.165) is 16.2 Å². The quantitative estimate of drug-likeness (QED) is 0.211. The molecular weight excluding hydrogens is 333 g/mol. The van der Waals surface area contributed by atoms with Gasteiger partial charge in [0, 0.05) is 20.1 Å². The molecule has 0 aliphatic carbocycles. The van der Waals surface area contributed by atoms with Crippen molar-refractivity contribution in [3.8, 4) is 0 Å². The van der Waals surface area contributed by atoms with Gasteiger partial charge in [-0.1, -0.05) is 17.4 Å². The number of hydroxylamine groups is 2. The number of hydrogen-bond acceptors (Lipinski definition) is 8. The predicted molar refractivity (Wildman–Crippen MR) is 90.2 cm³/mol. The first-order valence-electron chi connectivity index (χ1n) is 7.30. The molecule has 1 unspecified atom stereocenters. The second-order valence-electron chi connectivity index (χ2n) is 5.20. The van der Waals surface area contributed by atoms with Crippen molar-refractivity contribution in [2.75, 3.05) is 27.3 Å². The molecule has 2 heterocycles. The lowest BCUT2D eigenvalue weighted by Crippen LogP contribution is -2.43. The zero-order valence-corrected chi connectivity index (χ0v) is 14.5. The molecule has 24 heavy (non-hydrogen) atoms. The lowest BCUT2D eigenvalue weighted by atomic mass is 9.90. The maximum Gasteiger partial charge on any atom is 0.325 e. The van der Waals surface area contributed by atoms with Crippen molar-refractivity contribution in [2.24, 2.45) is 0 Å². The van der Waals surface area contributed by atoms with E-state index in [1.807, 2.05) is 0 Å². The smallest absolute Gasteiger partial charge is 0.325 e. The van der Waals surface area contributed by atoms with E-state index in [0.29, 0.717) is 31.6 Å². The molecule has 1 aliphatic rings. The first kappa shape index (κ1) is 18.6. The van der Waals surface area contributed by atoms with Gasteiger partial charge in [0.25, 0.3) is 7.41 Å². The van der Waals surface area contributed by atoms with Crippen molar-refractivity contribution in [3.63, 3.8) is 0 Å². The number of hydrogen-bond donors (Lipinski definition) is 0. The second kappa shape index (κ2) is 8.38. The van der Waals surface area contributed by atoms with Crippen LogP contribution in [-0.4, -0.2) is 61.3 Å². The Morgan fingerprint density at radius 2 is 2.33 bits per heavy atom. The van der Waals surface area contributed by atoms with E-state index in [1.165, 1.54) is 19.1 Å². The lowest BCUT2D eigenvalue weighted by Gasteiger charge is -2.36. The molecule has 0 bridgehead atoms. The summed E-state index contributed by atoms with van der Waals surface area (Å²) >= 11 is 1.08. The Hall–Kier alpha value is -1.75. The first-order chi connectivity index (χ1) is 11.5. The van der Waals surface area contributed by atoms with E-state index in [4.69, 9.17) is 4.84 Å². The number of likely N-dealkylation sites (N-methyl/N-ethyl adjacent to an activating group) is 1. The Labute approximate surface area is 144 Å². The summed E-state index contributed by atoms with van der Waals surface area (Å²) in [6.45, 7) is 4.66. The van der Waals surface area contributed by atoms with Crippen LogP contribution in [0.1, 0.15) is 16.6 Å². The van der Waals surface area contributed by atoms with Gasteiger partial charge in [-0.25, -0.2) is 0 Å². The molecular formula is C14H19BN3O5S. The van der Waals surface area contributed by atoms with Gasteiger partial charge in [-0.3, -0.25) is 19.0 Å². The Morgan fingerprint density at radius 1 is 1.58 bits per heavy atom. The van der Waals surface area contributed by atoms with Gasteiger partial charge in [0.15, 0.2) is 0 Å². The van der Waals surface area contributed by atoms with Crippen molar-refractivity contribution in [3.05, 3.63) is 32.9 Å². The highest BCUT2D eigenvalue weighted by Gasteiger charge is 2.33. The van der Waals surface area contributed by atoms with Crippen LogP contribution in [-0.2, 0) is 32.3 Å². The molecule has 10 heteroatoms. The molecule has 0 saturated heterocycles. The molecule has 1 atom stereocenters. The van der Waals surface area contributed by atoms with E-state index >= 15 is 0 Å². The number of methoxy groups -OCH3 is 1. The average Bonchev–Trinajstić information content (AvgIpc) is 2.88. The third kappa shape index (κ3) is 4.01. The zero-order chi connectivity index (χ0) is 17.7. The highest BCUT2D eigenvalue weighted by atomic mass is 32.1. The van der Waals surface area contributed by atoms with E-state index < -0.39 is 5.97 Å². The van der Waals surface area contributed by atoms with Crippen molar-refractivity contribution >= 4 is 30.9 Å². The summed E-state index contributed by atoms with van der Waals surface area (Å²) < 4.78 is 6.05. The molecule has 0 N–H and O–H groups in total.